The molecule has 2 fully saturated rings. The average Bonchev–Trinajstić information content (AvgIpc) is 3.31. The fourth-order valence-corrected chi connectivity index (χ4v) is 6.30. The van der Waals surface area contributed by atoms with Gasteiger partial charge in [-0.3, -0.25) is 9.69 Å². The molecule has 0 radical (unpaired) electrons. The Morgan fingerprint density at radius 1 is 0.900 bits per heavy atom. The zero-order valence-corrected chi connectivity index (χ0v) is 24.0. The average molecular weight is 555 g/mol. The SMILES string of the molecule is CC(C)CN1CCC(c2cn(-c3ccc(C(F)(F)F)cc3)c3cc(C(=O)N4CCN(C(C)C)CC4)ccc23)CC1. The molecule has 0 unspecified atom stereocenters. The summed E-state index contributed by atoms with van der Waals surface area (Å²) in [5, 5.41) is 1.07. The number of carbonyl (C=O) groups excluding carboxylic acids is 1. The first-order valence-corrected chi connectivity index (χ1v) is 14.6. The van der Waals surface area contributed by atoms with Crippen molar-refractivity contribution < 1.29 is 18.0 Å². The van der Waals surface area contributed by atoms with Gasteiger partial charge in [0.15, 0.2) is 0 Å². The molecule has 8 heteroatoms. The summed E-state index contributed by atoms with van der Waals surface area (Å²) < 4.78 is 41.8. The molecule has 2 aromatic carbocycles. The lowest BCUT2D eigenvalue weighted by atomic mass is 9.88. The minimum Gasteiger partial charge on any atom is -0.336 e. The van der Waals surface area contributed by atoms with Gasteiger partial charge in [-0.1, -0.05) is 19.9 Å². The van der Waals surface area contributed by atoms with E-state index < -0.39 is 11.7 Å². The van der Waals surface area contributed by atoms with Crippen molar-refractivity contribution in [3.05, 3.63) is 65.4 Å². The first-order chi connectivity index (χ1) is 19.0. The number of nitrogens with zero attached hydrogens (tertiary/aromatic N) is 4. The van der Waals surface area contributed by atoms with Crippen LogP contribution in [0.1, 0.15) is 67.9 Å². The Morgan fingerprint density at radius 2 is 1.55 bits per heavy atom. The normalized spacial score (nSPS) is 18.4. The highest BCUT2D eigenvalue weighted by molar-refractivity contribution is 5.99. The van der Waals surface area contributed by atoms with Gasteiger partial charge in [-0.2, -0.15) is 13.2 Å². The molecule has 3 heterocycles. The van der Waals surface area contributed by atoms with E-state index in [2.05, 4.69) is 43.7 Å². The van der Waals surface area contributed by atoms with Gasteiger partial charge < -0.3 is 14.4 Å². The van der Waals surface area contributed by atoms with E-state index in [1.54, 1.807) is 0 Å². The predicted molar refractivity (Wildman–Crippen MR) is 154 cm³/mol. The number of halogens is 3. The van der Waals surface area contributed by atoms with Gasteiger partial charge in [0.05, 0.1) is 11.1 Å². The van der Waals surface area contributed by atoms with E-state index in [9.17, 15) is 18.0 Å². The van der Waals surface area contributed by atoms with E-state index in [1.807, 2.05) is 27.7 Å². The number of carbonyl (C=O) groups is 1. The summed E-state index contributed by atoms with van der Waals surface area (Å²) in [6.07, 6.45) is -0.212. The van der Waals surface area contributed by atoms with Crippen molar-refractivity contribution in [1.82, 2.24) is 19.3 Å². The highest BCUT2D eigenvalue weighted by Gasteiger charge is 2.31. The van der Waals surface area contributed by atoms with Crippen molar-refractivity contribution in [2.45, 2.75) is 58.7 Å². The number of fused-ring (bicyclic) bond motifs is 1. The number of amides is 1. The van der Waals surface area contributed by atoms with Crippen LogP contribution in [0.4, 0.5) is 13.2 Å². The molecule has 1 amide bonds. The number of piperidine rings is 1. The Bertz CT molecular complexity index is 1310. The molecule has 0 spiro atoms. The molecule has 2 aliphatic heterocycles. The van der Waals surface area contributed by atoms with Crippen molar-refractivity contribution in [3.63, 3.8) is 0 Å². The molecule has 216 valence electrons. The summed E-state index contributed by atoms with van der Waals surface area (Å²) in [5.74, 6) is 1.00. The first kappa shape index (κ1) is 28.7. The molecule has 2 saturated heterocycles. The number of hydrogen-bond acceptors (Lipinski definition) is 3. The van der Waals surface area contributed by atoms with Crippen LogP contribution >= 0.6 is 0 Å². The number of piperazine rings is 1. The van der Waals surface area contributed by atoms with E-state index in [0.717, 1.165) is 68.6 Å². The van der Waals surface area contributed by atoms with E-state index in [4.69, 9.17) is 0 Å². The smallest absolute Gasteiger partial charge is 0.336 e. The molecule has 2 aliphatic rings. The maximum absolute atomic E-state index is 13.5. The Balaban J connectivity index is 1.48. The molecule has 0 saturated carbocycles. The number of alkyl halides is 3. The number of aromatic nitrogens is 1. The Labute approximate surface area is 235 Å². The summed E-state index contributed by atoms with van der Waals surface area (Å²) in [4.78, 5) is 20.3. The molecule has 1 aromatic heterocycles. The van der Waals surface area contributed by atoms with Crippen LogP contribution < -0.4 is 0 Å². The molecule has 5 rings (SSSR count). The number of benzene rings is 2. The summed E-state index contributed by atoms with van der Waals surface area (Å²) >= 11 is 0. The number of likely N-dealkylation sites (tertiary alicyclic amines) is 1. The maximum atomic E-state index is 13.5. The second kappa shape index (κ2) is 11.6. The molecule has 40 heavy (non-hydrogen) atoms. The zero-order valence-electron chi connectivity index (χ0n) is 24.0. The van der Waals surface area contributed by atoms with Crippen LogP contribution in [0.2, 0.25) is 0 Å². The van der Waals surface area contributed by atoms with Crippen LogP contribution in [0, 0.1) is 5.92 Å². The van der Waals surface area contributed by atoms with Gasteiger partial charge in [-0.05, 0) is 93.6 Å². The van der Waals surface area contributed by atoms with Crippen LogP contribution in [0.3, 0.4) is 0 Å². The van der Waals surface area contributed by atoms with Crippen molar-refractivity contribution in [3.8, 4) is 5.69 Å². The van der Waals surface area contributed by atoms with E-state index >= 15 is 0 Å². The highest BCUT2D eigenvalue weighted by atomic mass is 19.4. The Kier molecular flexibility index (Phi) is 8.30. The highest BCUT2D eigenvalue weighted by Crippen LogP contribution is 2.37. The molecule has 0 aliphatic carbocycles. The summed E-state index contributed by atoms with van der Waals surface area (Å²) in [6.45, 7) is 15.1. The lowest BCUT2D eigenvalue weighted by Gasteiger charge is -2.37. The summed E-state index contributed by atoms with van der Waals surface area (Å²) in [6, 6.07) is 11.7. The molecule has 0 bridgehead atoms. The van der Waals surface area contributed by atoms with Crippen LogP contribution in [0.25, 0.3) is 16.6 Å². The van der Waals surface area contributed by atoms with Gasteiger partial charge in [-0.25, -0.2) is 0 Å². The van der Waals surface area contributed by atoms with Gasteiger partial charge >= 0.3 is 6.18 Å². The monoisotopic (exact) mass is 554 g/mol. The second-order valence-corrected chi connectivity index (χ2v) is 12.1. The summed E-state index contributed by atoms with van der Waals surface area (Å²) in [5.41, 5.74) is 2.70. The lowest BCUT2D eigenvalue weighted by molar-refractivity contribution is -0.137. The standard InChI is InChI=1S/C32H41F3N4O/c1-22(2)20-36-13-11-24(12-14-36)29-21-39(27-8-6-26(7-9-27)32(33,34)35)30-19-25(5-10-28(29)30)31(40)38-17-15-37(16-18-38)23(3)4/h5-10,19,21-24H,11-18,20H2,1-4H3. The van der Waals surface area contributed by atoms with Gasteiger partial charge in [0, 0.05) is 61.6 Å². The fourth-order valence-electron chi connectivity index (χ4n) is 6.30. The number of rotatable bonds is 6. The minimum absolute atomic E-state index is 0.00835. The van der Waals surface area contributed by atoms with E-state index in [1.165, 1.54) is 17.7 Å². The minimum atomic E-state index is -4.38. The molecular weight excluding hydrogens is 513 g/mol. The Hall–Kier alpha value is -2.84. The predicted octanol–water partition coefficient (Wildman–Crippen LogP) is 6.65. The van der Waals surface area contributed by atoms with E-state index in [0.29, 0.717) is 42.2 Å². The topological polar surface area (TPSA) is 31.7 Å². The number of hydrogen-bond donors (Lipinski definition) is 0. The third kappa shape index (κ3) is 6.08. The van der Waals surface area contributed by atoms with Crippen molar-refractivity contribution in [2.24, 2.45) is 5.92 Å². The molecule has 3 aromatic rings. The van der Waals surface area contributed by atoms with Gasteiger partial charge in [-0.15, -0.1) is 0 Å². The van der Waals surface area contributed by atoms with Crippen LogP contribution in [0.15, 0.2) is 48.7 Å². The lowest BCUT2D eigenvalue weighted by Crippen LogP contribution is -2.50. The maximum Gasteiger partial charge on any atom is 0.416 e. The van der Waals surface area contributed by atoms with Gasteiger partial charge in [0.1, 0.15) is 0 Å². The van der Waals surface area contributed by atoms with Gasteiger partial charge in [0.25, 0.3) is 5.91 Å². The first-order valence-electron chi connectivity index (χ1n) is 14.6. The molecule has 0 atom stereocenters. The largest absolute Gasteiger partial charge is 0.416 e. The molecular formula is C32H41F3N4O. The van der Waals surface area contributed by atoms with Crippen molar-refractivity contribution >= 4 is 16.8 Å². The quantitative estimate of drug-likeness (QED) is 0.342. The molecule has 0 N–H and O–H groups in total. The third-order valence-corrected chi connectivity index (χ3v) is 8.54. The summed E-state index contributed by atoms with van der Waals surface area (Å²) in [7, 11) is 0. The Morgan fingerprint density at radius 3 is 2.12 bits per heavy atom. The zero-order chi connectivity index (χ0) is 28.6. The van der Waals surface area contributed by atoms with Crippen molar-refractivity contribution in [2.75, 3.05) is 45.8 Å². The van der Waals surface area contributed by atoms with E-state index in [-0.39, 0.29) is 5.91 Å². The molecule has 5 nitrogen and oxygen atoms in total. The van der Waals surface area contributed by atoms with Crippen LogP contribution in [-0.4, -0.2) is 77.0 Å². The fraction of sp³-hybridized carbons (Fsp3) is 0.531. The van der Waals surface area contributed by atoms with Crippen LogP contribution in [0.5, 0.6) is 0 Å². The van der Waals surface area contributed by atoms with Gasteiger partial charge in [0.2, 0.25) is 0 Å². The third-order valence-electron chi connectivity index (χ3n) is 8.54. The second-order valence-electron chi connectivity index (χ2n) is 12.1. The van der Waals surface area contributed by atoms with Crippen molar-refractivity contribution in [1.29, 1.82) is 0 Å². The van der Waals surface area contributed by atoms with Crippen LogP contribution in [-0.2, 0) is 6.18 Å².